The van der Waals surface area contributed by atoms with Gasteiger partial charge >= 0.3 is 0 Å². The molecule has 138 valence electrons. The van der Waals surface area contributed by atoms with Crippen LogP contribution in [0.15, 0.2) is 42.5 Å². The van der Waals surface area contributed by atoms with E-state index in [9.17, 15) is 9.18 Å². The average Bonchev–Trinajstić information content (AvgIpc) is 2.64. The van der Waals surface area contributed by atoms with Gasteiger partial charge in [0.2, 0.25) is 5.91 Å². The van der Waals surface area contributed by atoms with E-state index >= 15 is 0 Å². The van der Waals surface area contributed by atoms with Crippen LogP contribution in [0.1, 0.15) is 17.5 Å². The minimum atomic E-state index is -0.163. The first-order chi connectivity index (χ1) is 12.5. The summed E-state index contributed by atoms with van der Waals surface area (Å²) >= 11 is 0. The molecule has 1 heterocycles. The molecule has 0 spiro atoms. The monoisotopic (exact) mass is 356 g/mol. The molecule has 0 saturated carbocycles. The van der Waals surface area contributed by atoms with E-state index in [1.54, 1.807) is 6.07 Å². The highest BCUT2D eigenvalue weighted by atomic mass is 19.1. The van der Waals surface area contributed by atoms with Crippen LogP contribution in [0.25, 0.3) is 0 Å². The fourth-order valence-electron chi connectivity index (χ4n) is 3.40. The third-order valence-corrected chi connectivity index (χ3v) is 5.04. The van der Waals surface area contributed by atoms with Crippen molar-refractivity contribution in [2.75, 3.05) is 42.9 Å². The first-order valence-electron chi connectivity index (χ1n) is 9.23. The smallest absolute Gasteiger partial charge is 0.230 e. The molecule has 0 aromatic heterocycles. The average molecular weight is 356 g/mol. The number of hydrogen-bond acceptors (Lipinski definition) is 2. The largest absolute Gasteiger partial charge is 0.358 e. The van der Waals surface area contributed by atoms with Crippen molar-refractivity contribution in [1.29, 1.82) is 0 Å². The van der Waals surface area contributed by atoms with Crippen molar-refractivity contribution in [2.45, 2.75) is 20.3 Å². The Morgan fingerprint density at radius 1 is 1.15 bits per heavy atom. The second-order valence-corrected chi connectivity index (χ2v) is 7.06. The van der Waals surface area contributed by atoms with Crippen molar-refractivity contribution in [2.24, 2.45) is 0 Å². The normalized spacial score (nSPS) is 15.1. The molecule has 1 saturated heterocycles. The van der Waals surface area contributed by atoms with Crippen LogP contribution in [0, 0.1) is 19.7 Å². The number of para-hydroxylation sites is 1. The van der Waals surface area contributed by atoms with E-state index in [0.29, 0.717) is 12.1 Å². The van der Waals surface area contributed by atoms with Crippen LogP contribution < -0.4 is 15.1 Å². The number of aryl methyl sites for hydroxylation is 2. The lowest BCUT2D eigenvalue weighted by Gasteiger charge is -2.33. The third kappa shape index (κ3) is 4.61. The van der Waals surface area contributed by atoms with Crippen LogP contribution in [0.4, 0.5) is 15.8 Å². The van der Waals surface area contributed by atoms with Crippen molar-refractivity contribution in [3.63, 3.8) is 0 Å². The second-order valence-electron chi connectivity index (χ2n) is 7.06. The molecule has 2 aromatic carbocycles. The van der Waals surface area contributed by atoms with E-state index < -0.39 is 0 Å². The number of piperazine rings is 1. The number of hydrogen-bond donors (Lipinski definition) is 2. The van der Waals surface area contributed by atoms with Gasteiger partial charge in [0.25, 0.3) is 0 Å². The highest BCUT2D eigenvalue weighted by molar-refractivity contribution is 5.91. The molecule has 5 heteroatoms. The van der Waals surface area contributed by atoms with Crippen LogP contribution in [-0.4, -0.2) is 38.6 Å². The summed E-state index contributed by atoms with van der Waals surface area (Å²) in [4.78, 5) is 15.8. The standard InChI is InChI=1S/C21H26FN3O/c1-16-7-8-17(2)19(15-16)23-21(26)9-10-24-11-13-25(14-12-24)20-6-4-3-5-18(20)22/h3-8,15H,9-14H2,1-2H3,(H,23,26)/p+1. The zero-order valence-electron chi connectivity index (χ0n) is 15.5. The van der Waals surface area contributed by atoms with Gasteiger partial charge in [-0.25, -0.2) is 4.39 Å². The molecular formula is C21H27FN3O+. The number of rotatable bonds is 5. The third-order valence-electron chi connectivity index (χ3n) is 5.04. The number of halogens is 1. The Labute approximate surface area is 154 Å². The lowest BCUT2D eigenvalue weighted by atomic mass is 10.1. The highest BCUT2D eigenvalue weighted by Crippen LogP contribution is 2.18. The molecule has 1 aliphatic heterocycles. The Morgan fingerprint density at radius 2 is 1.88 bits per heavy atom. The van der Waals surface area contributed by atoms with Crippen LogP contribution in [-0.2, 0) is 4.79 Å². The van der Waals surface area contributed by atoms with Crippen LogP contribution in [0.2, 0.25) is 0 Å². The number of nitrogens with zero attached hydrogens (tertiary/aromatic N) is 1. The second kappa shape index (κ2) is 8.32. The minimum Gasteiger partial charge on any atom is -0.358 e. The van der Waals surface area contributed by atoms with Gasteiger partial charge in [-0.3, -0.25) is 4.79 Å². The minimum absolute atomic E-state index is 0.0581. The zero-order valence-corrected chi connectivity index (χ0v) is 15.5. The molecule has 4 nitrogen and oxygen atoms in total. The number of carbonyl (C=O) groups excluding carboxylic acids is 1. The summed E-state index contributed by atoms with van der Waals surface area (Å²) in [5.74, 6) is -0.105. The van der Waals surface area contributed by atoms with Gasteiger partial charge in [0, 0.05) is 5.69 Å². The molecule has 2 aromatic rings. The Balaban J connectivity index is 1.46. The molecule has 0 unspecified atom stereocenters. The molecule has 2 N–H and O–H groups in total. The number of benzene rings is 2. The van der Waals surface area contributed by atoms with Gasteiger partial charge in [-0.2, -0.15) is 0 Å². The topological polar surface area (TPSA) is 36.8 Å². The van der Waals surface area contributed by atoms with E-state index in [1.165, 1.54) is 11.0 Å². The molecule has 1 aliphatic rings. The molecule has 1 amide bonds. The quantitative estimate of drug-likeness (QED) is 0.862. The molecule has 26 heavy (non-hydrogen) atoms. The molecular weight excluding hydrogens is 329 g/mol. The lowest BCUT2D eigenvalue weighted by molar-refractivity contribution is -0.900. The van der Waals surface area contributed by atoms with Gasteiger partial charge in [0.05, 0.1) is 44.8 Å². The Hall–Kier alpha value is -2.40. The summed E-state index contributed by atoms with van der Waals surface area (Å²) in [6.07, 6.45) is 0.502. The summed E-state index contributed by atoms with van der Waals surface area (Å²) in [6, 6.07) is 13.0. The molecule has 0 aliphatic carbocycles. The maximum atomic E-state index is 13.9. The molecule has 3 rings (SSSR count). The van der Waals surface area contributed by atoms with Gasteiger partial charge < -0.3 is 15.1 Å². The summed E-state index contributed by atoms with van der Waals surface area (Å²) in [5.41, 5.74) is 3.80. The molecule has 1 fully saturated rings. The lowest BCUT2D eigenvalue weighted by Crippen LogP contribution is -3.15. The summed E-state index contributed by atoms with van der Waals surface area (Å²) in [6.45, 7) is 8.30. The molecule has 0 radical (unpaired) electrons. The summed E-state index contributed by atoms with van der Waals surface area (Å²) in [7, 11) is 0. The number of anilines is 2. The van der Waals surface area contributed by atoms with Crippen molar-refractivity contribution in [3.8, 4) is 0 Å². The number of carbonyl (C=O) groups is 1. The van der Waals surface area contributed by atoms with Crippen molar-refractivity contribution < 1.29 is 14.1 Å². The SMILES string of the molecule is Cc1ccc(C)c(NC(=O)CC[NH+]2CCN(c3ccccc3F)CC2)c1. The van der Waals surface area contributed by atoms with E-state index in [1.807, 2.05) is 44.2 Å². The van der Waals surface area contributed by atoms with Gasteiger partial charge in [-0.15, -0.1) is 0 Å². The summed E-state index contributed by atoms with van der Waals surface area (Å²) in [5, 5.41) is 3.02. The van der Waals surface area contributed by atoms with Crippen molar-refractivity contribution in [3.05, 3.63) is 59.4 Å². The van der Waals surface area contributed by atoms with E-state index in [4.69, 9.17) is 0 Å². The number of nitrogens with one attached hydrogen (secondary N) is 2. The first-order valence-corrected chi connectivity index (χ1v) is 9.23. The number of amides is 1. The Bertz CT molecular complexity index is 770. The Kier molecular flexibility index (Phi) is 5.89. The Morgan fingerprint density at radius 3 is 2.62 bits per heavy atom. The van der Waals surface area contributed by atoms with E-state index in [2.05, 4.69) is 10.2 Å². The maximum Gasteiger partial charge on any atom is 0.230 e. The predicted octanol–water partition coefficient (Wildman–Crippen LogP) is 2.18. The van der Waals surface area contributed by atoms with Crippen LogP contribution in [0.3, 0.4) is 0 Å². The van der Waals surface area contributed by atoms with Gasteiger partial charge in [0.15, 0.2) is 0 Å². The number of quaternary nitrogens is 1. The van der Waals surface area contributed by atoms with Gasteiger partial charge in [-0.1, -0.05) is 24.3 Å². The molecule has 0 atom stereocenters. The first kappa shape index (κ1) is 18.4. The van der Waals surface area contributed by atoms with E-state index in [0.717, 1.165) is 49.5 Å². The zero-order chi connectivity index (χ0) is 18.5. The van der Waals surface area contributed by atoms with E-state index in [-0.39, 0.29) is 11.7 Å². The van der Waals surface area contributed by atoms with Crippen LogP contribution >= 0.6 is 0 Å². The van der Waals surface area contributed by atoms with Crippen molar-refractivity contribution >= 4 is 17.3 Å². The van der Waals surface area contributed by atoms with Crippen molar-refractivity contribution in [1.82, 2.24) is 0 Å². The van der Waals surface area contributed by atoms with Crippen LogP contribution in [0.5, 0.6) is 0 Å². The summed E-state index contributed by atoms with van der Waals surface area (Å²) < 4.78 is 13.9. The maximum absolute atomic E-state index is 13.9. The van der Waals surface area contributed by atoms with Gasteiger partial charge in [-0.05, 0) is 43.2 Å². The van der Waals surface area contributed by atoms with Gasteiger partial charge in [0.1, 0.15) is 5.82 Å². The highest BCUT2D eigenvalue weighted by Gasteiger charge is 2.22. The predicted molar refractivity (Wildman–Crippen MR) is 103 cm³/mol. The fraction of sp³-hybridized carbons (Fsp3) is 0.381. The fourth-order valence-corrected chi connectivity index (χ4v) is 3.40. The molecule has 0 bridgehead atoms.